The minimum atomic E-state index is 1.03. The van der Waals surface area contributed by atoms with E-state index in [-0.39, 0.29) is 0 Å². The van der Waals surface area contributed by atoms with Gasteiger partial charge in [0, 0.05) is 16.8 Å². The summed E-state index contributed by atoms with van der Waals surface area (Å²) in [5.74, 6) is 0. The second-order valence-corrected chi connectivity index (χ2v) is 14.4. The van der Waals surface area contributed by atoms with Crippen molar-refractivity contribution in [3.05, 3.63) is 199 Å². The first-order valence-corrected chi connectivity index (χ1v) is 18.6. The summed E-state index contributed by atoms with van der Waals surface area (Å²) >= 11 is 0. The minimum absolute atomic E-state index is 1.03. The van der Waals surface area contributed by atoms with Crippen LogP contribution in [0.4, 0.5) is 17.1 Å². The first kappa shape index (κ1) is 30.0. The molecule has 1 aliphatic carbocycles. The van der Waals surface area contributed by atoms with Gasteiger partial charge in [0.05, 0.1) is 5.69 Å². The van der Waals surface area contributed by atoms with Crippen molar-refractivity contribution in [2.24, 2.45) is 0 Å². The maximum absolute atomic E-state index is 2.47. The molecule has 0 unspecified atom stereocenters. The monoisotopic (exact) mass is 673 g/mol. The van der Waals surface area contributed by atoms with Crippen LogP contribution in [0.3, 0.4) is 0 Å². The molecule has 11 rings (SSSR count). The quantitative estimate of drug-likeness (QED) is 0.168. The number of benzene rings is 10. The molecule has 248 valence electrons. The third kappa shape index (κ3) is 4.78. The van der Waals surface area contributed by atoms with Gasteiger partial charge >= 0.3 is 0 Å². The Morgan fingerprint density at radius 2 is 0.868 bits per heavy atom. The molecule has 0 amide bonds. The number of hydrogen-bond acceptors (Lipinski definition) is 1. The summed E-state index contributed by atoms with van der Waals surface area (Å²) in [4.78, 5) is 2.47. The Bertz CT molecular complexity index is 3080. The molecule has 53 heavy (non-hydrogen) atoms. The highest BCUT2D eigenvalue weighted by atomic mass is 15.1. The molecule has 0 bridgehead atoms. The maximum atomic E-state index is 2.47. The van der Waals surface area contributed by atoms with E-state index < -0.39 is 0 Å². The van der Waals surface area contributed by atoms with E-state index in [2.05, 4.69) is 193 Å². The van der Waals surface area contributed by atoms with E-state index in [1.807, 2.05) is 0 Å². The van der Waals surface area contributed by atoms with E-state index in [1.165, 1.54) is 92.6 Å². The first-order chi connectivity index (χ1) is 26.3. The van der Waals surface area contributed by atoms with Gasteiger partial charge in [-0.15, -0.1) is 0 Å². The lowest BCUT2D eigenvalue weighted by Gasteiger charge is -2.28. The highest BCUT2D eigenvalue weighted by molar-refractivity contribution is 6.26. The predicted molar refractivity (Wildman–Crippen MR) is 229 cm³/mol. The average Bonchev–Trinajstić information content (AvgIpc) is 3.24. The number of fused-ring (bicyclic) bond motifs is 12. The molecule has 1 aliphatic rings. The topological polar surface area (TPSA) is 3.24 Å². The van der Waals surface area contributed by atoms with Gasteiger partial charge in [0.25, 0.3) is 0 Å². The maximum Gasteiger partial charge on any atom is 0.0546 e. The van der Waals surface area contributed by atoms with E-state index in [1.54, 1.807) is 0 Å². The van der Waals surface area contributed by atoms with Gasteiger partial charge < -0.3 is 4.90 Å². The van der Waals surface area contributed by atoms with Gasteiger partial charge in [0.1, 0.15) is 0 Å². The van der Waals surface area contributed by atoms with Crippen molar-refractivity contribution < 1.29 is 0 Å². The molecule has 10 aromatic rings. The van der Waals surface area contributed by atoms with Gasteiger partial charge in [-0.2, -0.15) is 0 Å². The summed E-state index contributed by atoms with van der Waals surface area (Å²) < 4.78 is 0. The van der Waals surface area contributed by atoms with Crippen LogP contribution in [-0.4, -0.2) is 0 Å². The molecule has 0 fully saturated rings. The van der Waals surface area contributed by atoms with Gasteiger partial charge in [-0.3, -0.25) is 0 Å². The number of nitrogens with zero attached hydrogens (tertiary/aromatic N) is 1. The van der Waals surface area contributed by atoms with Crippen molar-refractivity contribution in [1.29, 1.82) is 0 Å². The zero-order chi connectivity index (χ0) is 34.9. The lowest BCUT2D eigenvalue weighted by molar-refractivity contribution is 1.01. The molecule has 1 heteroatoms. The van der Waals surface area contributed by atoms with Gasteiger partial charge in [-0.05, 0) is 125 Å². The van der Waals surface area contributed by atoms with E-state index in [9.17, 15) is 0 Å². The van der Waals surface area contributed by atoms with E-state index >= 15 is 0 Å². The van der Waals surface area contributed by atoms with Crippen LogP contribution >= 0.6 is 0 Å². The zero-order valence-electron chi connectivity index (χ0n) is 29.3. The van der Waals surface area contributed by atoms with Crippen molar-refractivity contribution in [3.8, 4) is 0 Å². The second-order valence-electron chi connectivity index (χ2n) is 14.4. The zero-order valence-corrected chi connectivity index (χ0v) is 29.3. The fourth-order valence-corrected chi connectivity index (χ4v) is 9.02. The lowest BCUT2D eigenvalue weighted by atomic mass is 9.86. The van der Waals surface area contributed by atoms with Crippen molar-refractivity contribution in [3.63, 3.8) is 0 Å². The molecule has 10 aromatic carbocycles. The van der Waals surface area contributed by atoms with Crippen molar-refractivity contribution >= 4 is 93.3 Å². The van der Waals surface area contributed by atoms with Crippen LogP contribution in [-0.2, 0) is 6.42 Å². The van der Waals surface area contributed by atoms with Crippen LogP contribution in [0.1, 0.15) is 23.1 Å². The SMILES string of the molecule is C1=C(c2ccc(N(c3ccc4c5ccccc5c5ccccc5c4c3)c3cc4ccccc4c4ccccc34)cc2)CCc2c1ccc1ccccc21. The van der Waals surface area contributed by atoms with E-state index in [4.69, 9.17) is 0 Å². The molecule has 0 saturated heterocycles. The number of hydrogen-bond donors (Lipinski definition) is 0. The number of allylic oxidation sites excluding steroid dienone is 1. The summed E-state index contributed by atoms with van der Waals surface area (Å²) in [5.41, 5.74) is 8.95. The van der Waals surface area contributed by atoms with Crippen LogP contribution < -0.4 is 4.90 Å². The standard InChI is InChI=1S/C52H35N/c1-3-13-41-35(11-1)21-22-38-31-36(25-29-43(38)41)34-23-26-39(27-24-34)53(52-32-37-12-2-4-14-42(37)44-15-9-10-20-50(44)52)40-28-30-49-47-18-6-5-16-45(47)46-17-7-8-19-48(46)51(49)33-40/h1-24,26-28,30-33H,25,29H2. The second kappa shape index (κ2) is 11.9. The summed E-state index contributed by atoms with van der Waals surface area (Å²) in [6.45, 7) is 0. The number of aryl methyl sites for hydroxylation is 1. The molecular weight excluding hydrogens is 639 g/mol. The molecule has 0 heterocycles. The molecule has 0 aliphatic heterocycles. The van der Waals surface area contributed by atoms with Gasteiger partial charge in [-0.1, -0.05) is 158 Å². The van der Waals surface area contributed by atoms with Gasteiger partial charge in [0.15, 0.2) is 0 Å². The summed E-state index contributed by atoms with van der Waals surface area (Å²) in [6.07, 6.45) is 4.50. The molecular formula is C52H35N. The van der Waals surface area contributed by atoms with Crippen molar-refractivity contribution in [2.45, 2.75) is 12.8 Å². The van der Waals surface area contributed by atoms with Crippen LogP contribution in [0.25, 0.3) is 76.3 Å². The van der Waals surface area contributed by atoms with Crippen LogP contribution in [0.5, 0.6) is 0 Å². The van der Waals surface area contributed by atoms with Gasteiger partial charge in [0.2, 0.25) is 0 Å². The van der Waals surface area contributed by atoms with E-state index in [0.29, 0.717) is 0 Å². The van der Waals surface area contributed by atoms with Crippen LogP contribution in [0.2, 0.25) is 0 Å². The molecule has 0 spiro atoms. The molecule has 0 radical (unpaired) electrons. The number of anilines is 3. The van der Waals surface area contributed by atoms with Gasteiger partial charge in [-0.25, -0.2) is 0 Å². The first-order valence-electron chi connectivity index (χ1n) is 18.6. The smallest absolute Gasteiger partial charge is 0.0546 e. The van der Waals surface area contributed by atoms with Crippen LogP contribution in [0.15, 0.2) is 182 Å². The predicted octanol–water partition coefficient (Wildman–Crippen LogP) is 14.6. The fourth-order valence-electron chi connectivity index (χ4n) is 9.02. The van der Waals surface area contributed by atoms with Crippen molar-refractivity contribution in [2.75, 3.05) is 4.90 Å². The summed E-state index contributed by atoms with van der Waals surface area (Å²) in [7, 11) is 0. The third-order valence-electron chi connectivity index (χ3n) is 11.5. The molecule has 0 N–H and O–H groups in total. The molecule has 1 nitrogen and oxygen atoms in total. The average molecular weight is 674 g/mol. The summed E-state index contributed by atoms with van der Waals surface area (Å²) in [6, 6.07) is 67.4. The Kier molecular flexibility index (Phi) is 6.75. The Morgan fingerprint density at radius 1 is 0.340 bits per heavy atom. The molecule has 0 atom stereocenters. The lowest BCUT2D eigenvalue weighted by Crippen LogP contribution is -2.11. The summed E-state index contributed by atoms with van der Waals surface area (Å²) in [5, 5.41) is 15.4. The minimum Gasteiger partial charge on any atom is -0.310 e. The normalized spacial score (nSPS) is 12.9. The Labute approximate surface area is 308 Å². The van der Waals surface area contributed by atoms with Crippen molar-refractivity contribution in [1.82, 2.24) is 0 Å². The molecule has 0 saturated carbocycles. The highest BCUT2D eigenvalue weighted by Crippen LogP contribution is 2.45. The Hall–Kier alpha value is -6.70. The number of rotatable bonds is 4. The fraction of sp³-hybridized carbons (Fsp3) is 0.0385. The molecule has 0 aromatic heterocycles. The Balaban J connectivity index is 1.11. The largest absolute Gasteiger partial charge is 0.310 e. The third-order valence-corrected chi connectivity index (χ3v) is 11.5. The highest BCUT2D eigenvalue weighted by Gasteiger charge is 2.20. The van der Waals surface area contributed by atoms with Crippen LogP contribution in [0, 0.1) is 0 Å². The van der Waals surface area contributed by atoms with E-state index in [0.717, 1.165) is 24.2 Å². The Morgan fingerprint density at radius 3 is 1.57 bits per heavy atom.